The van der Waals surface area contributed by atoms with E-state index < -0.39 is 0 Å². The molecule has 1 aromatic heterocycles. The number of nitrogens with zero attached hydrogens (tertiary/aromatic N) is 1. The van der Waals surface area contributed by atoms with Gasteiger partial charge in [0.25, 0.3) is 0 Å². The van der Waals surface area contributed by atoms with Crippen LogP contribution in [0.5, 0.6) is 0 Å². The van der Waals surface area contributed by atoms with Gasteiger partial charge in [-0.1, -0.05) is 13.8 Å². The van der Waals surface area contributed by atoms with Gasteiger partial charge in [-0.25, -0.2) is 4.98 Å². The zero-order valence-corrected chi connectivity index (χ0v) is 9.27. The summed E-state index contributed by atoms with van der Waals surface area (Å²) in [6.07, 6.45) is 2.58. The van der Waals surface area contributed by atoms with Crippen molar-refractivity contribution in [3.05, 3.63) is 18.3 Å². The van der Waals surface area contributed by atoms with E-state index in [-0.39, 0.29) is 12.6 Å². The van der Waals surface area contributed by atoms with Gasteiger partial charge in [-0.05, 0) is 18.4 Å². The number of anilines is 2. The van der Waals surface area contributed by atoms with Gasteiger partial charge >= 0.3 is 0 Å². The second-order valence-corrected chi connectivity index (χ2v) is 4.12. The number of rotatable bonds is 5. The van der Waals surface area contributed by atoms with E-state index in [9.17, 15) is 5.11 Å². The first kappa shape index (κ1) is 11.8. The van der Waals surface area contributed by atoms with Crippen molar-refractivity contribution in [2.24, 2.45) is 5.92 Å². The topological polar surface area (TPSA) is 71.2 Å². The Morgan fingerprint density at radius 1 is 1.53 bits per heavy atom. The van der Waals surface area contributed by atoms with Crippen LogP contribution in [-0.4, -0.2) is 22.7 Å². The number of nitrogen functional groups attached to an aromatic ring is 1. The molecule has 0 bridgehead atoms. The summed E-state index contributed by atoms with van der Waals surface area (Å²) >= 11 is 0. The molecule has 0 fully saturated rings. The Kier molecular flexibility index (Phi) is 4.37. The SMILES string of the molecule is CC(C)CC(CO)Nc1ccnc(N)c1. The fourth-order valence-corrected chi connectivity index (χ4v) is 1.52. The average molecular weight is 209 g/mol. The average Bonchev–Trinajstić information content (AvgIpc) is 2.16. The Labute approximate surface area is 90.5 Å². The van der Waals surface area contributed by atoms with Gasteiger partial charge in [0.2, 0.25) is 0 Å². The summed E-state index contributed by atoms with van der Waals surface area (Å²) in [4.78, 5) is 3.91. The van der Waals surface area contributed by atoms with Gasteiger partial charge in [-0.3, -0.25) is 0 Å². The highest BCUT2D eigenvalue weighted by Gasteiger charge is 2.09. The summed E-state index contributed by atoms with van der Waals surface area (Å²) in [7, 11) is 0. The van der Waals surface area contributed by atoms with Crippen LogP contribution in [0.15, 0.2) is 18.3 Å². The maximum atomic E-state index is 9.20. The van der Waals surface area contributed by atoms with E-state index in [4.69, 9.17) is 5.73 Å². The van der Waals surface area contributed by atoms with Crippen molar-refractivity contribution < 1.29 is 5.11 Å². The molecule has 0 radical (unpaired) electrons. The Balaban J connectivity index is 2.58. The second kappa shape index (κ2) is 5.56. The Bertz CT molecular complexity index is 302. The highest BCUT2D eigenvalue weighted by Crippen LogP contribution is 2.14. The monoisotopic (exact) mass is 209 g/mol. The van der Waals surface area contributed by atoms with Crippen molar-refractivity contribution in [2.75, 3.05) is 17.7 Å². The molecule has 0 aliphatic rings. The molecule has 4 N–H and O–H groups in total. The van der Waals surface area contributed by atoms with Gasteiger partial charge in [0.1, 0.15) is 5.82 Å². The van der Waals surface area contributed by atoms with Gasteiger partial charge in [0.05, 0.1) is 6.61 Å². The second-order valence-electron chi connectivity index (χ2n) is 4.12. The van der Waals surface area contributed by atoms with E-state index in [1.165, 1.54) is 0 Å². The van der Waals surface area contributed by atoms with Crippen LogP contribution in [0.2, 0.25) is 0 Å². The summed E-state index contributed by atoms with van der Waals surface area (Å²) in [5.74, 6) is 1.04. The minimum absolute atomic E-state index is 0.0757. The lowest BCUT2D eigenvalue weighted by Gasteiger charge is -2.19. The molecule has 0 saturated heterocycles. The molecular weight excluding hydrogens is 190 g/mol. The van der Waals surface area contributed by atoms with Crippen molar-refractivity contribution >= 4 is 11.5 Å². The summed E-state index contributed by atoms with van der Waals surface area (Å²) in [6.45, 7) is 4.39. The minimum Gasteiger partial charge on any atom is -0.394 e. The molecule has 1 atom stereocenters. The molecular formula is C11H19N3O. The first-order valence-corrected chi connectivity index (χ1v) is 5.20. The van der Waals surface area contributed by atoms with Crippen LogP contribution in [0.4, 0.5) is 11.5 Å². The number of aromatic nitrogens is 1. The molecule has 4 nitrogen and oxygen atoms in total. The molecule has 0 aliphatic heterocycles. The largest absolute Gasteiger partial charge is 0.394 e. The summed E-state index contributed by atoms with van der Waals surface area (Å²) in [5.41, 5.74) is 6.47. The lowest BCUT2D eigenvalue weighted by Crippen LogP contribution is -2.25. The maximum Gasteiger partial charge on any atom is 0.125 e. The molecule has 1 rings (SSSR count). The molecule has 0 amide bonds. The standard InChI is InChI=1S/C11H19N3O/c1-8(2)5-10(7-15)14-9-3-4-13-11(12)6-9/h3-4,6,8,10,15H,5,7H2,1-2H3,(H3,12,13,14). The van der Waals surface area contributed by atoms with Crippen molar-refractivity contribution in [3.63, 3.8) is 0 Å². The quantitative estimate of drug-likeness (QED) is 0.687. The van der Waals surface area contributed by atoms with Gasteiger partial charge < -0.3 is 16.2 Å². The minimum atomic E-state index is 0.0757. The number of hydrogen-bond donors (Lipinski definition) is 3. The lowest BCUT2D eigenvalue weighted by atomic mass is 10.0. The van der Waals surface area contributed by atoms with Crippen molar-refractivity contribution in [3.8, 4) is 0 Å². The zero-order chi connectivity index (χ0) is 11.3. The Morgan fingerprint density at radius 2 is 2.27 bits per heavy atom. The summed E-state index contributed by atoms with van der Waals surface area (Å²) in [6, 6.07) is 3.69. The predicted octanol–water partition coefficient (Wildman–Crippen LogP) is 1.48. The number of aliphatic hydroxyl groups excluding tert-OH is 1. The highest BCUT2D eigenvalue weighted by atomic mass is 16.3. The van der Waals surface area contributed by atoms with E-state index in [1.54, 1.807) is 12.3 Å². The fraction of sp³-hybridized carbons (Fsp3) is 0.545. The van der Waals surface area contributed by atoms with E-state index >= 15 is 0 Å². The third kappa shape index (κ3) is 4.16. The Hall–Kier alpha value is -1.29. The maximum absolute atomic E-state index is 9.20. The summed E-state index contributed by atoms with van der Waals surface area (Å²) < 4.78 is 0. The van der Waals surface area contributed by atoms with Crippen LogP contribution in [0.1, 0.15) is 20.3 Å². The number of nitrogens with one attached hydrogen (secondary N) is 1. The van der Waals surface area contributed by atoms with Crippen molar-refractivity contribution in [2.45, 2.75) is 26.3 Å². The van der Waals surface area contributed by atoms with Gasteiger partial charge in [0.15, 0.2) is 0 Å². The van der Waals surface area contributed by atoms with E-state index in [2.05, 4.69) is 24.1 Å². The lowest BCUT2D eigenvalue weighted by molar-refractivity contribution is 0.259. The molecule has 0 aromatic carbocycles. The van der Waals surface area contributed by atoms with E-state index in [0.717, 1.165) is 12.1 Å². The molecule has 0 saturated carbocycles. The number of aliphatic hydroxyl groups is 1. The molecule has 0 spiro atoms. The fourth-order valence-electron chi connectivity index (χ4n) is 1.52. The third-order valence-electron chi connectivity index (χ3n) is 2.13. The van der Waals surface area contributed by atoms with Crippen molar-refractivity contribution in [1.29, 1.82) is 0 Å². The zero-order valence-electron chi connectivity index (χ0n) is 9.27. The molecule has 1 heterocycles. The molecule has 0 aliphatic carbocycles. The Morgan fingerprint density at radius 3 is 2.80 bits per heavy atom. The van der Waals surface area contributed by atoms with Crippen LogP contribution < -0.4 is 11.1 Å². The summed E-state index contributed by atoms with van der Waals surface area (Å²) in [5, 5.41) is 12.4. The molecule has 15 heavy (non-hydrogen) atoms. The number of pyridine rings is 1. The van der Waals surface area contributed by atoms with Gasteiger partial charge in [-0.2, -0.15) is 0 Å². The van der Waals surface area contributed by atoms with Gasteiger partial charge in [-0.15, -0.1) is 0 Å². The van der Waals surface area contributed by atoms with Gasteiger partial charge in [0, 0.05) is 24.0 Å². The normalized spacial score (nSPS) is 12.8. The van der Waals surface area contributed by atoms with Crippen LogP contribution in [0.3, 0.4) is 0 Å². The molecule has 1 aromatic rings. The molecule has 84 valence electrons. The first-order chi connectivity index (χ1) is 7.11. The third-order valence-corrected chi connectivity index (χ3v) is 2.13. The number of nitrogens with two attached hydrogens (primary N) is 1. The van der Waals surface area contributed by atoms with E-state index in [1.807, 2.05) is 6.07 Å². The van der Waals surface area contributed by atoms with Crippen molar-refractivity contribution in [1.82, 2.24) is 4.98 Å². The van der Waals surface area contributed by atoms with Crippen LogP contribution in [-0.2, 0) is 0 Å². The first-order valence-electron chi connectivity index (χ1n) is 5.20. The van der Waals surface area contributed by atoms with Crippen LogP contribution >= 0.6 is 0 Å². The van der Waals surface area contributed by atoms with Crippen LogP contribution in [0, 0.1) is 5.92 Å². The smallest absolute Gasteiger partial charge is 0.125 e. The molecule has 4 heteroatoms. The highest BCUT2D eigenvalue weighted by molar-refractivity contribution is 5.50. The van der Waals surface area contributed by atoms with Crippen LogP contribution in [0.25, 0.3) is 0 Å². The van der Waals surface area contributed by atoms with E-state index in [0.29, 0.717) is 11.7 Å². The molecule has 1 unspecified atom stereocenters. The predicted molar refractivity (Wildman–Crippen MR) is 62.6 cm³/mol. The number of hydrogen-bond acceptors (Lipinski definition) is 4.